The maximum Gasteiger partial charge on any atom is 0.311 e. The van der Waals surface area contributed by atoms with Crippen molar-refractivity contribution in [2.75, 3.05) is 6.61 Å². The first-order chi connectivity index (χ1) is 12.0. The average Bonchev–Trinajstić information content (AvgIpc) is 2.59. The monoisotopic (exact) mass is 386 g/mol. The highest BCUT2D eigenvalue weighted by Gasteiger charge is 2.13. The van der Waals surface area contributed by atoms with Crippen LogP contribution in [0.3, 0.4) is 0 Å². The molecule has 0 fully saturated rings. The van der Waals surface area contributed by atoms with Crippen molar-refractivity contribution in [2.24, 2.45) is 0 Å². The first kappa shape index (κ1) is 21.5. The van der Waals surface area contributed by atoms with E-state index in [4.69, 9.17) is 32.7 Å². The van der Waals surface area contributed by atoms with Gasteiger partial charge in [0.15, 0.2) is 5.75 Å². The topological polar surface area (TPSA) is 52.6 Å². The number of ether oxygens (including phenoxy) is 2. The van der Waals surface area contributed by atoms with Crippen molar-refractivity contribution in [3.63, 3.8) is 0 Å². The maximum absolute atomic E-state index is 11.7. The van der Waals surface area contributed by atoms with Crippen LogP contribution in [0, 0.1) is 0 Å². The Bertz CT molecular complexity index is 585. The zero-order chi connectivity index (χ0) is 18.5. The third-order valence-electron chi connectivity index (χ3n) is 3.36. The number of hydrogen-bond donors (Lipinski definition) is 0. The van der Waals surface area contributed by atoms with Gasteiger partial charge in [-0.3, -0.25) is 9.59 Å². The standard InChI is InChI=1S/C19H24Cl2O4/c1-2-3-4-5-6-7-8-14-24-17(22)12-13-18(23)25-16-11-9-10-15(20)19(16)21/h6-7,9-11H,2-5,8,12-14H2,1H3/b7-6+. The molecule has 0 bridgehead atoms. The molecule has 0 aliphatic heterocycles. The van der Waals surface area contributed by atoms with Gasteiger partial charge in [0, 0.05) is 0 Å². The van der Waals surface area contributed by atoms with Gasteiger partial charge in [0.1, 0.15) is 5.02 Å². The van der Waals surface area contributed by atoms with E-state index in [1.165, 1.54) is 25.3 Å². The summed E-state index contributed by atoms with van der Waals surface area (Å²) >= 11 is 11.8. The Hall–Kier alpha value is -1.52. The van der Waals surface area contributed by atoms with Crippen LogP contribution >= 0.6 is 23.2 Å². The third kappa shape index (κ3) is 9.51. The number of hydrogen-bond acceptors (Lipinski definition) is 4. The fourth-order valence-corrected chi connectivity index (χ4v) is 2.33. The highest BCUT2D eigenvalue weighted by molar-refractivity contribution is 6.43. The van der Waals surface area contributed by atoms with Gasteiger partial charge in [-0.15, -0.1) is 0 Å². The second-order valence-electron chi connectivity index (χ2n) is 5.50. The van der Waals surface area contributed by atoms with Gasteiger partial charge in [-0.1, -0.05) is 61.2 Å². The van der Waals surface area contributed by atoms with Crippen LogP contribution in [0.2, 0.25) is 10.0 Å². The fraction of sp³-hybridized carbons (Fsp3) is 0.474. The summed E-state index contributed by atoms with van der Waals surface area (Å²) in [5, 5.41) is 0.472. The SMILES string of the molecule is CCCCC/C=C/CCOC(=O)CCC(=O)Oc1cccc(Cl)c1Cl. The summed E-state index contributed by atoms with van der Waals surface area (Å²) in [7, 11) is 0. The van der Waals surface area contributed by atoms with Crippen LogP contribution in [-0.2, 0) is 14.3 Å². The van der Waals surface area contributed by atoms with Crippen molar-refractivity contribution in [3.8, 4) is 5.75 Å². The predicted molar refractivity (Wildman–Crippen MR) is 100 cm³/mol. The van der Waals surface area contributed by atoms with Crippen LogP contribution in [-0.4, -0.2) is 18.5 Å². The second kappa shape index (κ2) is 12.8. The number of carbonyl (C=O) groups is 2. The van der Waals surface area contributed by atoms with E-state index in [-0.39, 0.29) is 23.6 Å². The van der Waals surface area contributed by atoms with Crippen LogP contribution in [0.4, 0.5) is 0 Å². The number of unbranched alkanes of at least 4 members (excludes halogenated alkanes) is 3. The molecule has 1 rings (SSSR count). The minimum atomic E-state index is -0.558. The number of carbonyl (C=O) groups excluding carboxylic acids is 2. The van der Waals surface area contributed by atoms with Gasteiger partial charge in [-0.05, 0) is 31.4 Å². The van der Waals surface area contributed by atoms with Crippen molar-refractivity contribution < 1.29 is 19.1 Å². The molecule has 0 aromatic heterocycles. The van der Waals surface area contributed by atoms with Gasteiger partial charge in [0.25, 0.3) is 0 Å². The second-order valence-corrected chi connectivity index (χ2v) is 6.29. The van der Waals surface area contributed by atoms with Gasteiger partial charge in [0.2, 0.25) is 0 Å². The molecule has 4 nitrogen and oxygen atoms in total. The lowest BCUT2D eigenvalue weighted by Crippen LogP contribution is -2.13. The number of benzene rings is 1. The van der Waals surface area contributed by atoms with Gasteiger partial charge < -0.3 is 9.47 Å². The molecule has 0 aliphatic rings. The lowest BCUT2D eigenvalue weighted by Gasteiger charge is -2.07. The Labute approximate surface area is 159 Å². The van der Waals surface area contributed by atoms with Gasteiger partial charge in [0.05, 0.1) is 24.5 Å². The molecule has 0 aliphatic carbocycles. The zero-order valence-electron chi connectivity index (χ0n) is 14.4. The Kier molecular flexibility index (Phi) is 11.0. The normalized spacial score (nSPS) is 10.8. The van der Waals surface area contributed by atoms with Crippen molar-refractivity contribution in [3.05, 3.63) is 40.4 Å². The predicted octanol–water partition coefficient (Wildman–Crippen LogP) is 5.75. The molecule has 0 unspecified atom stereocenters. The number of rotatable bonds is 11. The Morgan fingerprint density at radius 1 is 1.04 bits per heavy atom. The van der Waals surface area contributed by atoms with E-state index in [0.717, 1.165) is 6.42 Å². The summed E-state index contributed by atoms with van der Waals surface area (Å²) in [5.74, 6) is -0.800. The molecule has 6 heteroatoms. The summed E-state index contributed by atoms with van der Waals surface area (Å²) in [5.41, 5.74) is 0. The molecule has 0 spiro atoms. The summed E-state index contributed by atoms with van der Waals surface area (Å²) < 4.78 is 10.2. The summed E-state index contributed by atoms with van der Waals surface area (Å²) in [6.07, 6.45) is 9.37. The summed E-state index contributed by atoms with van der Waals surface area (Å²) in [6, 6.07) is 4.76. The lowest BCUT2D eigenvalue weighted by molar-refractivity contribution is -0.146. The molecule has 1 aromatic carbocycles. The smallest absolute Gasteiger partial charge is 0.311 e. The molecule has 0 N–H and O–H groups in total. The molecule has 0 saturated carbocycles. The molecule has 0 radical (unpaired) electrons. The van der Waals surface area contributed by atoms with E-state index < -0.39 is 11.9 Å². The van der Waals surface area contributed by atoms with Crippen molar-refractivity contribution >= 4 is 35.1 Å². The van der Waals surface area contributed by atoms with Crippen LogP contribution < -0.4 is 4.74 Å². The fourth-order valence-electron chi connectivity index (χ4n) is 2.00. The highest BCUT2D eigenvalue weighted by Crippen LogP contribution is 2.31. The molecule has 0 heterocycles. The van der Waals surface area contributed by atoms with Crippen LogP contribution in [0.5, 0.6) is 5.75 Å². The van der Waals surface area contributed by atoms with Crippen molar-refractivity contribution in [2.45, 2.75) is 51.9 Å². The largest absolute Gasteiger partial charge is 0.465 e. The molecular weight excluding hydrogens is 363 g/mol. The van der Waals surface area contributed by atoms with Gasteiger partial charge in [-0.25, -0.2) is 0 Å². The minimum absolute atomic E-state index is 0.0305. The van der Waals surface area contributed by atoms with E-state index in [1.807, 2.05) is 6.08 Å². The van der Waals surface area contributed by atoms with E-state index in [9.17, 15) is 9.59 Å². The van der Waals surface area contributed by atoms with Gasteiger partial charge >= 0.3 is 11.9 Å². The first-order valence-electron chi connectivity index (χ1n) is 8.50. The Morgan fingerprint density at radius 2 is 1.76 bits per heavy atom. The number of halogens is 2. The van der Waals surface area contributed by atoms with Crippen molar-refractivity contribution in [1.29, 1.82) is 0 Å². The minimum Gasteiger partial charge on any atom is -0.465 e. The van der Waals surface area contributed by atoms with E-state index in [0.29, 0.717) is 18.1 Å². The zero-order valence-corrected chi connectivity index (χ0v) is 15.9. The van der Waals surface area contributed by atoms with Crippen LogP contribution in [0.25, 0.3) is 0 Å². The summed E-state index contributed by atoms with van der Waals surface area (Å²) in [4.78, 5) is 23.3. The van der Waals surface area contributed by atoms with Crippen LogP contribution in [0.15, 0.2) is 30.4 Å². The van der Waals surface area contributed by atoms with Gasteiger partial charge in [-0.2, -0.15) is 0 Å². The first-order valence-corrected chi connectivity index (χ1v) is 9.25. The average molecular weight is 387 g/mol. The molecule has 0 amide bonds. The van der Waals surface area contributed by atoms with E-state index in [1.54, 1.807) is 12.1 Å². The molecule has 0 saturated heterocycles. The number of esters is 2. The summed E-state index contributed by atoms with van der Waals surface area (Å²) in [6.45, 7) is 2.49. The molecule has 25 heavy (non-hydrogen) atoms. The third-order valence-corrected chi connectivity index (χ3v) is 4.16. The number of allylic oxidation sites excluding steroid dienone is 1. The lowest BCUT2D eigenvalue weighted by atomic mass is 10.2. The molecule has 1 aromatic rings. The molecule has 0 atom stereocenters. The maximum atomic E-state index is 11.7. The van der Waals surface area contributed by atoms with Crippen LogP contribution in [0.1, 0.15) is 51.9 Å². The quantitative estimate of drug-likeness (QED) is 0.210. The molecule has 138 valence electrons. The highest BCUT2D eigenvalue weighted by atomic mass is 35.5. The van der Waals surface area contributed by atoms with E-state index >= 15 is 0 Å². The van der Waals surface area contributed by atoms with Crippen molar-refractivity contribution in [1.82, 2.24) is 0 Å². The van der Waals surface area contributed by atoms with E-state index in [2.05, 4.69) is 13.0 Å². The Morgan fingerprint density at radius 3 is 2.52 bits per heavy atom. The Balaban J connectivity index is 2.17. The molecular formula is C19H24Cl2O4.